The molecular weight excluding hydrogens is 439 g/mol. The van der Waals surface area contributed by atoms with Crippen molar-refractivity contribution in [2.24, 2.45) is 0 Å². The van der Waals surface area contributed by atoms with Crippen LogP contribution in [-0.2, 0) is 27.4 Å². The van der Waals surface area contributed by atoms with Crippen molar-refractivity contribution in [1.82, 2.24) is 9.80 Å². The third-order valence-electron chi connectivity index (χ3n) is 5.46. The van der Waals surface area contributed by atoms with Crippen LogP contribution in [0.25, 0.3) is 11.0 Å². The van der Waals surface area contributed by atoms with Crippen LogP contribution in [0, 0.1) is 5.82 Å². The van der Waals surface area contributed by atoms with Gasteiger partial charge < -0.3 is 19.0 Å². The van der Waals surface area contributed by atoms with E-state index >= 15 is 0 Å². The molecule has 0 aliphatic rings. The lowest BCUT2D eigenvalue weighted by Gasteiger charge is -2.27. The number of fused-ring (bicyclic) bond motifs is 1. The van der Waals surface area contributed by atoms with Crippen LogP contribution in [0.4, 0.5) is 4.39 Å². The highest BCUT2D eigenvalue weighted by molar-refractivity contribution is 5.85. The van der Waals surface area contributed by atoms with Crippen LogP contribution in [0.1, 0.15) is 30.9 Å². The highest BCUT2D eigenvalue weighted by Gasteiger charge is 2.22. The Bertz CT molecular complexity index is 1180. The van der Waals surface area contributed by atoms with E-state index in [2.05, 4.69) is 0 Å². The van der Waals surface area contributed by atoms with Gasteiger partial charge in [-0.3, -0.25) is 14.4 Å². The number of hydrogen-bond acceptors (Lipinski definition) is 5. The smallest absolute Gasteiger partial charge is 0.242 e. The van der Waals surface area contributed by atoms with Crippen LogP contribution in [0.5, 0.6) is 0 Å². The van der Waals surface area contributed by atoms with Crippen molar-refractivity contribution in [3.8, 4) is 0 Å². The van der Waals surface area contributed by atoms with E-state index in [0.717, 1.165) is 0 Å². The minimum Gasteiger partial charge on any atom is -0.464 e. The number of methoxy groups -OCH3 is 1. The van der Waals surface area contributed by atoms with Crippen molar-refractivity contribution in [3.63, 3.8) is 0 Å². The zero-order valence-corrected chi connectivity index (χ0v) is 19.5. The Balaban J connectivity index is 1.88. The molecule has 7 nitrogen and oxygen atoms in total. The average molecular weight is 469 g/mol. The molecule has 2 amide bonds. The number of halogens is 1. The minimum atomic E-state index is -0.382. The fourth-order valence-electron chi connectivity index (χ4n) is 3.60. The zero-order valence-electron chi connectivity index (χ0n) is 19.5. The number of ether oxygens (including phenoxy) is 1. The minimum absolute atomic E-state index is 0.0105. The Morgan fingerprint density at radius 3 is 2.44 bits per heavy atom. The highest BCUT2D eigenvalue weighted by Crippen LogP contribution is 2.15. The number of para-hydroxylation sites is 1. The fourth-order valence-corrected chi connectivity index (χ4v) is 3.60. The van der Waals surface area contributed by atoms with Crippen LogP contribution in [0.3, 0.4) is 0 Å². The van der Waals surface area contributed by atoms with Gasteiger partial charge in [0.2, 0.25) is 11.8 Å². The van der Waals surface area contributed by atoms with E-state index in [1.165, 1.54) is 35.3 Å². The number of carbonyl (C=O) groups excluding carboxylic acids is 2. The number of nitrogens with zero attached hydrogens (tertiary/aromatic N) is 2. The van der Waals surface area contributed by atoms with Crippen molar-refractivity contribution in [2.75, 3.05) is 26.8 Å². The third kappa shape index (κ3) is 6.51. The number of amides is 2. The lowest BCUT2D eigenvalue weighted by atomic mass is 10.1. The summed E-state index contributed by atoms with van der Waals surface area (Å²) in [6.45, 7) is 2.46. The van der Waals surface area contributed by atoms with E-state index in [9.17, 15) is 18.8 Å². The molecular formula is C26H29FN2O5. The molecule has 0 saturated heterocycles. The second-order valence-corrected chi connectivity index (χ2v) is 8.02. The first-order chi connectivity index (χ1) is 16.4. The molecule has 0 N–H and O–H groups in total. The summed E-state index contributed by atoms with van der Waals surface area (Å²) in [4.78, 5) is 41.9. The Hall–Kier alpha value is -3.52. The summed E-state index contributed by atoms with van der Waals surface area (Å²) in [5.74, 6) is -0.856. The normalized spacial score (nSPS) is 10.9. The average Bonchev–Trinajstić information content (AvgIpc) is 2.84. The lowest BCUT2D eigenvalue weighted by molar-refractivity contribution is -0.141. The zero-order chi connectivity index (χ0) is 24.5. The van der Waals surface area contributed by atoms with Gasteiger partial charge in [-0.1, -0.05) is 31.2 Å². The quantitative estimate of drug-likeness (QED) is 0.428. The Morgan fingerprint density at radius 1 is 1.00 bits per heavy atom. The Kier molecular flexibility index (Phi) is 8.93. The number of carbonyl (C=O) groups is 2. The van der Waals surface area contributed by atoms with Crippen LogP contribution in [0.15, 0.2) is 64.0 Å². The first kappa shape index (κ1) is 25.1. The first-order valence-corrected chi connectivity index (χ1v) is 11.2. The van der Waals surface area contributed by atoms with Crippen LogP contribution in [-0.4, -0.2) is 48.4 Å². The van der Waals surface area contributed by atoms with Crippen LogP contribution >= 0.6 is 0 Å². The molecule has 34 heavy (non-hydrogen) atoms. The molecule has 0 aliphatic carbocycles. The first-order valence-electron chi connectivity index (χ1n) is 11.2. The molecule has 0 radical (unpaired) electrons. The molecule has 0 bridgehead atoms. The van der Waals surface area contributed by atoms with Crippen molar-refractivity contribution in [1.29, 1.82) is 0 Å². The van der Waals surface area contributed by atoms with Gasteiger partial charge in [-0.25, -0.2) is 4.39 Å². The molecule has 0 spiro atoms. The fraction of sp³-hybridized carbons (Fsp3) is 0.346. The molecule has 1 aromatic heterocycles. The molecule has 1 heterocycles. The monoisotopic (exact) mass is 468 g/mol. The summed E-state index contributed by atoms with van der Waals surface area (Å²) >= 11 is 0. The van der Waals surface area contributed by atoms with Gasteiger partial charge in [0.05, 0.1) is 36.9 Å². The van der Waals surface area contributed by atoms with Crippen molar-refractivity contribution < 1.29 is 23.1 Å². The molecule has 180 valence electrons. The van der Waals surface area contributed by atoms with Gasteiger partial charge in [0.15, 0.2) is 5.43 Å². The van der Waals surface area contributed by atoms with E-state index in [4.69, 9.17) is 9.15 Å². The second kappa shape index (κ2) is 12.1. The van der Waals surface area contributed by atoms with Crippen LogP contribution < -0.4 is 5.43 Å². The summed E-state index contributed by atoms with van der Waals surface area (Å²) in [6, 6.07) is 12.7. The summed E-state index contributed by atoms with van der Waals surface area (Å²) in [6.07, 6.45) is 2.34. The van der Waals surface area contributed by atoms with E-state index < -0.39 is 0 Å². The Labute approximate surface area is 197 Å². The molecule has 2 aromatic carbocycles. The number of benzene rings is 2. The van der Waals surface area contributed by atoms with Crippen molar-refractivity contribution in [2.45, 2.75) is 32.9 Å². The van der Waals surface area contributed by atoms with Gasteiger partial charge >= 0.3 is 0 Å². The topological polar surface area (TPSA) is 80.1 Å². The van der Waals surface area contributed by atoms with Gasteiger partial charge in [-0.05, 0) is 36.2 Å². The third-order valence-corrected chi connectivity index (χ3v) is 5.46. The molecule has 0 atom stereocenters. The summed E-state index contributed by atoms with van der Waals surface area (Å²) in [5.41, 5.74) is 1.25. The molecule has 8 heteroatoms. The molecule has 0 unspecified atom stereocenters. The lowest BCUT2D eigenvalue weighted by Crippen LogP contribution is -2.44. The molecule has 0 saturated carbocycles. The van der Waals surface area contributed by atoms with Crippen LogP contribution in [0.2, 0.25) is 0 Å². The summed E-state index contributed by atoms with van der Waals surface area (Å²) in [7, 11) is 1.53. The predicted octanol–water partition coefficient (Wildman–Crippen LogP) is 3.74. The number of rotatable bonds is 11. The molecule has 0 fully saturated rings. The summed E-state index contributed by atoms with van der Waals surface area (Å²) < 4.78 is 24.1. The second-order valence-electron chi connectivity index (χ2n) is 8.02. The SMILES string of the molecule is CCCC(=O)N(CCOC)CC(=O)N(Cc1ccc(F)cc1)Cc1coc2ccccc2c1=O. The number of hydrogen-bond donors (Lipinski definition) is 0. The van der Waals surface area contributed by atoms with E-state index in [1.54, 1.807) is 36.4 Å². The van der Waals surface area contributed by atoms with Crippen molar-refractivity contribution in [3.05, 3.63) is 82.0 Å². The summed E-state index contributed by atoms with van der Waals surface area (Å²) in [5, 5.41) is 0.425. The van der Waals surface area contributed by atoms with E-state index in [1.807, 2.05) is 6.92 Å². The van der Waals surface area contributed by atoms with Crippen molar-refractivity contribution >= 4 is 22.8 Å². The van der Waals surface area contributed by atoms with Gasteiger partial charge in [0.1, 0.15) is 11.4 Å². The largest absolute Gasteiger partial charge is 0.464 e. The Morgan fingerprint density at radius 2 is 1.74 bits per heavy atom. The highest BCUT2D eigenvalue weighted by atomic mass is 19.1. The van der Waals surface area contributed by atoms with Gasteiger partial charge in [-0.2, -0.15) is 0 Å². The maximum absolute atomic E-state index is 13.4. The maximum atomic E-state index is 13.4. The molecule has 0 aliphatic heterocycles. The van der Waals surface area contributed by atoms with Gasteiger partial charge in [0.25, 0.3) is 0 Å². The van der Waals surface area contributed by atoms with Gasteiger partial charge in [-0.15, -0.1) is 0 Å². The molecule has 3 rings (SSSR count). The van der Waals surface area contributed by atoms with Gasteiger partial charge in [0, 0.05) is 26.6 Å². The van der Waals surface area contributed by atoms with E-state index in [0.29, 0.717) is 41.5 Å². The maximum Gasteiger partial charge on any atom is 0.242 e. The van der Waals surface area contributed by atoms with E-state index in [-0.39, 0.29) is 49.2 Å². The molecule has 3 aromatic rings. The standard InChI is InChI=1S/C26H29FN2O5/c1-3-6-24(30)28(13-14-33-2)17-25(31)29(15-19-9-11-21(27)12-10-19)16-20-18-34-23-8-5-4-7-22(23)26(20)32/h4-5,7-12,18H,3,6,13-17H2,1-2H3. The predicted molar refractivity (Wildman–Crippen MR) is 127 cm³/mol.